The Labute approximate surface area is 148 Å². The van der Waals surface area contributed by atoms with Crippen molar-refractivity contribution in [3.05, 3.63) is 17.5 Å². The Morgan fingerprint density at radius 3 is 2.64 bits per heavy atom. The van der Waals surface area contributed by atoms with Crippen molar-refractivity contribution in [3.63, 3.8) is 0 Å². The fourth-order valence-corrected chi connectivity index (χ4v) is 6.76. The van der Waals surface area contributed by atoms with Gasteiger partial charge in [0.2, 0.25) is 0 Å². The lowest BCUT2D eigenvalue weighted by molar-refractivity contribution is 0.0408. The van der Waals surface area contributed by atoms with E-state index in [1.807, 2.05) is 7.05 Å². The maximum absolute atomic E-state index is 13.2. The molecule has 1 aromatic heterocycles. The first-order chi connectivity index (χ1) is 12.0. The molecule has 8 heteroatoms. The van der Waals surface area contributed by atoms with E-state index in [9.17, 15) is 13.2 Å². The van der Waals surface area contributed by atoms with Gasteiger partial charge in [-0.2, -0.15) is 5.10 Å². The lowest BCUT2D eigenvalue weighted by atomic mass is 9.85. The number of carbonyl (C=O) groups is 1. The van der Waals surface area contributed by atoms with Gasteiger partial charge in [-0.25, -0.2) is 8.42 Å². The molecule has 7 nitrogen and oxygen atoms in total. The largest absolute Gasteiger partial charge is 0.332 e. The Kier molecular flexibility index (Phi) is 4.35. The molecule has 2 saturated heterocycles. The van der Waals surface area contributed by atoms with Crippen molar-refractivity contribution in [2.75, 3.05) is 31.6 Å². The molecule has 0 radical (unpaired) electrons. The molecule has 1 N–H and O–H groups in total. The molecular formula is C17H26N4O3S. The predicted octanol–water partition coefficient (Wildman–Crippen LogP) is 1.01. The molecule has 0 unspecified atom stereocenters. The summed E-state index contributed by atoms with van der Waals surface area (Å²) in [7, 11) is -1.14. The van der Waals surface area contributed by atoms with Crippen molar-refractivity contribution in [2.24, 2.45) is 0 Å². The number of sulfone groups is 1. The second kappa shape index (κ2) is 6.39. The average molecular weight is 366 g/mol. The Balaban J connectivity index is 1.60. The number of piperazine rings is 1. The van der Waals surface area contributed by atoms with Crippen LogP contribution in [0.2, 0.25) is 0 Å². The molecule has 2 aliphatic heterocycles. The van der Waals surface area contributed by atoms with Gasteiger partial charge in [0.25, 0.3) is 5.91 Å². The van der Waals surface area contributed by atoms with Crippen LogP contribution in [0.4, 0.5) is 0 Å². The zero-order chi connectivity index (χ0) is 17.6. The zero-order valence-corrected chi connectivity index (χ0v) is 15.5. The summed E-state index contributed by atoms with van der Waals surface area (Å²) in [6, 6.07) is -0.335. The molecule has 1 aliphatic carbocycles. The van der Waals surface area contributed by atoms with Crippen LogP contribution in [0, 0.1) is 0 Å². The van der Waals surface area contributed by atoms with Crippen molar-refractivity contribution < 1.29 is 13.2 Å². The van der Waals surface area contributed by atoms with E-state index in [1.54, 1.807) is 11.1 Å². The fraction of sp³-hybridized carbons (Fsp3) is 0.765. The number of aromatic nitrogens is 2. The Bertz CT molecular complexity index is 754. The minimum Gasteiger partial charge on any atom is -0.332 e. The molecule has 0 aromatic carbocycles. The number of amides is 1. The first-order valence-electron chi connectivity index (χ1n) is 9.21. The fourth-order valence-electron chi connectivity index (χ4n) is 4.70. The summed E-state index contributed by atoms with van der Waals surface area (Å²) in [4.78, 5) is 17.1. The molecule has 138 valence electrons. The second-order valence-corrected chi connectivity index (χ2v) is 9.88. The molecule has 4 rings (SSSR count). The number of hydrogen-bond acceptors (Lipinski definition) is 5. The number of H-pyrrole nitrogens is 1. The van der Waals surface area contributed by atoms with Gasteiger partial charge in [-0.05, 0) is 19.9 Å². The van der Waals surface area contributed by atoms with E-state index in [4.69, 9.17) is 0 Å². The summed E-state index contributed by atoms with van der Waals surface area (Å²) in [5.74, 6) is 0.531. The number of rotatable bonds is 2. The summed E-state index contributed by atoms with van der Waals surface area (Å²) < 4.78 is 24.3. The van der Waals surface area contributed by atoms with Crippen LogP contribution >= 0.6 is 0 Å². The van der Waals surface area contributed by atoms with Gasteiger partial charge in [0.05, 0.1) is 35.0 Å². The number of nitrogens with one attached hydrogen (secondary N) is 1. The molecule has 2 atom stereocenters. The molecule has 25 heavy (non-hydrogen) atoms. The zero-order valence-electron chi connectivity index (χ0n) is 14.6. The minimum atomic E-state index is -3.09. The van der Waals surface area contributed by atoms with E-state index in [-0.39, 0.29) is 29.5 Å². The third kappa shape index (κ3) is 3.10. The van der Waals surface area contributed by atoms with Crippen LogP contribution in [-0.2, 0) is 9.84 Å². The smallest absolute Gasteiger partial charge is 0.257 e. The van der Waals surface area contributed by atoms with E-state index < -0.39 is 9.84 Å². The lowest BCUT2D eigenvalue weighted by Crippen LogP contribution is -2.59. The molecule has 1 aromatic rings. The maximum atomic E-state index is 13.2. The number of aromatic amines is 1. The van der Waals surface area contributed by atoms with Crippen molar-refractivity contribution in [1.82, 2.24) is 20.0 Å². The van der Waals surface area contributed by atoms with Crippen LogP contribution in [0.15, 0.2) is 6.20 Å². The van der Waals surface area contributed by atoms with Crippen LogP contribution in [0.1, 0.15) is 54.1 Å². The third-order valence-corrected chi connectivity index (χ3v) is 7.83. The van der Waals surface area contributed by atoms with Gasteiger partial charge in [-0.3, -0.25) is 14.8 Å². The molecule has 1 saturated carbocycles. The van der Waals surface area contributed by atoms with Crippen LogP contribution < -0.4 is 0 Å². The summed E-state index contributed by atoms with van der Waals surface area (Å²) in [6.07, 6.45) is 7.44. The van der Waals surface area contributed by atoms with Crippen molar-refractivity contribution in [3.8, 4) is 0 Å². The molecule has 1 amide bonds. The highest BCUT2D eigenvalue weighted by atomic mass is 32.2. The van der Waals surface area contributed by atoms with Gasteiger partial charge in [-0.1, -0.05) is 19.3 Å². The summed E-state index contributed by atoms with van der Waals surface area (Å²) in [5, 5.41) is 7.20. The molecule has 3 heterocycles. The van der Waals surface area contributed by atoms with Crippen LogP contribution in [0.25, 0.3) is 0 Å². The van der Waals surface area contributed by atoms with Crippen molar-refractivity contribution in [1.29, 1.82) is 0 Å². The van der Waals surface area contributed by atoms with Crippen molar-refractivity contribution in [2.45, 2.75) is 50.1 Å². The lowest BCUT2D eigenvalue weighted by Gasteiger charge is -2.42. The van der Waals surface area contributed by atoms with E-state index in [2.05, 4.69) is 15.1 Å². The van der Waals surface area contributed by atoms with Crippen LogP contribution in [-0.4, -0.2) is 78.0 Å². The first kappa shape index (κ1) is 17.0. The first-order valence-corrected chi connectivity index (χ1v) is 11.0. The highest BCUT2D eigenvalue weighted by molar-refractivity contribution is 7.91. The van der Waals surface area contributed by atoms with Gasteiger partial charge >= 0.3 is 0 Å². The minimum absolute atomic E-state index is 0.0606. The molecule has 0 bridgehead atoms. The SMILES string of the molecule is CN1CCN(C(=O)c2cn[nH]c2C2CCCCC2)[C@H]2CS(=O)(=O)C[C@H]21. The number of fused-ring (bicyclic) bond motifs is 1. The topological polar surface area (TPSA) is 86.4 Å². The standard InChI is InChI=1S/C17H26N4O3S/c1-20-7-8-21(15-11-25(23,24)10-14(15)20)17(22)13-9-18-19-16(13)12-5-3-2-4-6-12/h9,12,14-15H,2-8,10-11H2,1H3,(H,18,19)/t14-,15+/m1/s1. The number of carbonyl (C=O) groups excluding carboxylic acids is 1. The van der Waals surface area contributed by atoms with E-state index in [1.165, 1.54) is 19.3 Å². The van der Waals surface area contributed by atoms with E-state index in [0.717, 1.165) is 18.5 Å². The average Bonchev–Trinajstić information content (AvgIpc) is 3.19. The highest BCUT2D eigenvalue weighted by Gasteiger charge is 2.47. The van der Waals surface area contributed by atoms with Crippen LogP contribution in [0.5, 0.6) is 0 Å². The van der Waals surface area contributed by atoms with Gasteiger partial charge in [0, 0.05) is 25.0 Å². The Hall–Kier alpha value is -1.41. The highest BCUT2D eigenvalue weighted by Crippen LogP contribution is 2.34. The van der Waals surface area contributed by atoms with E-state index >= 15 is 0 Å². The molecule has 3 fully saturated rings. The Morgan fingerprint density at radius 2 is 1.88 bits per heavy atom. The van der Waals surface area contributed by atoms with Gasteiger partial charge in [-0.15, -0.1) is 0 Å². The maximum Gasteiger partial charge on any atom is 0.257 e. The van der Waals surface area contributed by atoms with Gasteiger partial charge < -0.3 is 4.90 Å². The molecule has 3 aliphatic rings. The number of likely N-dealkylation sites (N-methyl/N-ethyl adjacent to an activating group) is 1. The summed E-state index contributed by atoms with van der Waals surface area (Å²) in [6.45, 7) is 1.28. The summed E-state index contributed by atoms with van der Waals surface area (Å²) in [5.41, 5.74) is 1.58. The quantitative estimate of drug-likeness (QED) is 0.844. The van der Waals surface area contributed by atoms with E-state index in [0.29, 0.717) is 24.6 Å². The third-order valence-electron chi connectivity index (χ3n) is 6.13. The normalized spacial score (nSPS) is 30.4. The second-order valence-electron chi connectivity index (χ2n) is 7.72. The Morgan fingerprint density at radius 1 is 1.16 bits per heavy atom. The molecule has 0 spiro atoms. The monoisotopic (exact) mass is 366 g/mol. The van der Waals surface area contributed by atoms with Crippen LogP contribution in [0.3, 0.4) is 0 Å². The van der Waals surface area contributed by atoms with Crippen molar-refractivity contribution >= 4 is 15.7 Å². The molecular weight excluding hydrogens is 340 g/mol. The number of hydrogen-bond donors (Lipinski definition) is 1. The summed E-state index contributed by atoms with van der Waals surface area (Å²) >= 11 is 0. The van der Waals surface area contributed by atoms with Gasteiger partial charge in [0.1, 0.15) is 0 Å². The number of nitrogens with zero attached hydrogens (tertiary/aromatic N) is 3. The predicted molar refractivity (Wildman–Crippen MR) is 94.3 cm³/mol. The van der Waals surface area contributed by atoms with Gasteiger partial charge in [0.15, 0.2) is 9.84 Å².